The van der Waals surface area contributed by atoms with Crippen LogP contribution in [-0.2, 0) is 58.9 Å². The fourth-order valence-electron chi connectivity index (χ4n) is 7.96. The van der Waals surface area contributed by atoms with Crippen molar-refractivity contribution in [3.05, 3.63) is 230 Å². The molecule has 2 aromatic heterocycles. The molecule has 2 heterocycles. The number of fused-ring (bicyclic) bond motifs is 6. The molecule has 8 aromatic carbocycles. The first-order chi connectivity index (χ1) is 29.0. The smallest absolute Gasteiger partial charge is 0.366 e. The summed E-state index contributed by atoms with van der Waals surface area (Å²) in [5.74, 6) is 6.11. The monoisotopic (exact) mass is 1190 g/mol. The molecule has 10 rings (SSSR count). The summed E-state index contributed by atoms with van der Waals surface area (Å²) in [5.41, 5.74) is 6.43. The molecule has 0 unspecified atom stereocenters. The van der Waals surface area contributed by atoms with Gasteiger partial charge >= 0.3 is 44.8 Å². The van der Waals surface area contributed by atoms with Gasteiger partial charge in [0.1, 0.15) is 37.1 Å². The first kappa shape index (κ1) is 45.4. The second-order valence-electron chi connectivity index (χ2n) is 14.5. The molecule has 0 N–H and O–H groups in total. The molecule has 0 radical (unpaired) electrons. The molecule has 61 heavy (non-hydrogen) atoms. The molecular formula is C55H44Au2N2P2+2. The Morgan fingerprint density at radius 1 is 0.361 bits per heavy atom. The second kappa shape index (κ2) is 21.6. The van der Waals surface area contributed by atoms with Crippen LogP contribution in [0.1, 0.15) is 11.1 Å². The molecule has 10 aromatic rings. The molecule has 0 aliphatic heterocycles. The predicted molar refractivity (Wildman–Crippen MR) is 259 cm³/mol. The van der Waals surface area contributed by atoms with Gasteiger partial charge in [0, 0.05) is 52.3 Å². The number of aryl methyl sites for hydroxylation is 2. The molecule has 0 fully saturated rings. The third-order valence-corrected chi connectivity index (χ3v) is 17.9. The van der Waals surface area contributed by atoms with Gasteiger partial charge in [-0.1, -0.05) is 121 Å². The fraction of sp³-hybridized carbons (Fsp3) is 0.0545. The summed E-state index contributed by atoms with van der Waals surface area (Å²) in [6.45, 7) is 0. The van der Waals surface area contributed by atoms with Gasteiger partial charge in [0.15, 0.2) is 5.90 Å². The maximum atomic E-state index is 7.18. The van der Waals surface area contributed by atoms with E-state index < -0.39 is 15.8 Å². The van der Waals surface area contributed by atoms with E-state index in [1.807, 2.05) is 48.5 Å². The average Bonchev–Trinajstić information content (AvgIpc) is 3.77. The number of nitrogens with zero attached hydrogens (tertiary/aromatic N) is 2. The van der Waals surface area contributed by atoms with Crippen LogP contribution in [-0.4, -0.2) is 15.0 Å². The Morgan fingerprint density at radius 2 is 0.689 bits per heavy atom. The van der Waals surface area contributed by atoms with Gasteiger partial charge in [-0.25, -0.2) is 0 Å². The maximum Gasteiger partial charge on any atom is 1.00 e. The van der Waals surface area contributed by atoms with Crippen LogP contribution >= 0.6 is 15.8 Å². The number of para-hydroxylation sites is 2. The Balaban J connectivity index is 0.000000159. The molecular weight excluding hydrogens is 1140 g/mol. The molecule has 0 atom stereocenters. The van der Waals surface area contributed by atoms with Crippen LogP contribution in [0.3, 0.4) is 0 Å². The van der Waals surface area contributed by atoms with E-state index >= 15 is 0 Å². The van der Waals surface area contributed by atoms with Crippen molar-refractivity contribution in [3.63, 3.8) is 0 Å². The molecule has 0 saturated carbocycles. The summed E-state index contributed by atoms with van der Waals surface area (Å²) in [7, 11) is 2.43. The first-order valence-electron chi connectivity index (χ1n) is 19.8. The maximum absolute atomic E-state index is 7.18. The Bertz CT molecular complexity index is 2910. The van der Waals surface area contributed by atoms with Crippen molar-refractivity contribution in [1.82, 2.24) is 9.13 Å². The normalized spacial score (nSPS) is 10.5. The molecule has 0 aliphatic carbocycles. The van der Waals surface area contributed by atoms with Crippen molar-refractivity contribution >= 4 is 80.7 Å². The molecule has 0 aliphatic rings. The summed E-state index contributed by atoms with van der Waals surface area (Å²) >= 11 is 0. The summed E-state index contributed by atoms with van der Waals surface area (Å²) < 4.78 is 4.34. The van der Waals surface area contributed by atoms with Gasteiger partial charge in [-0.3, -0.25) is 11.8 Å². The van der Waals surface area contributed by atoms with Gasteiger partial charge in [0.05, 0.1) is 0 Å². The van der Waals surface area contributed by atoms with E-state index in [-0.39, 0.29) is 44.8 Å². The largest absolute Gasteiger partial charge is 1.00 e. The molecule has 304 valence electrons. The van der Waals surface area contributed by atoms with Crippen LogP contribution < -0.4 is 21.2 Å². The molecule has 0 amide bonds. The zero-order valence-electron chi connectivity index (χ0n) is 33.8. The van der Waals surface area contributed by atoms with Crippen LogP contribution in [0.5, 0.6) is 0 Å². The minimum Gasteiger partial charge on any atom is -0.366 e. The van der Waals surface area contributed by atoms with Gasteiger partial charge in [-0.15, -0.1) is 35.4 Å². The third-order valence-electron chi connectivity index (χ3n) is 11.0. The topological polar surface area (TPSA) is 9.86 Å². The quantitative estimate of drug-likeness (QED) is 0.0680. The van der Waals surface area contributed by atoms with Crippen molar-refractivity contribution in [1.29, 1.82) is 0 Å². The predicted octanol–water partition coefficient (Wildman–Crippen LogP) is 11.2. The molecule has 2 nitrogen and oxygen atoms in total. The molecule has 0 spiro atoms. The Kier molecular flexibility index (Phi) is 16.0. The van der Waals surface area contributed by atoms with Crippen LogP contribution in [0, 0.1) is 24.7 Å². The SMILES string of the molecule is [Au+].[Au+].[C-]#Cc1ccc2c(c1)c1ccccc1n2C.[C-]#Cc1ccc2c3ccccc3n(C)c2c1.c1ccc([PH+](C[PH+](c2ccccc2)c2ccccc2)c2ccccc2)cc1. The van der Waals surface area contributed by atoms with Crippen molar-refractivity contribution < 1.29 is 44.8 Å². The first-order valence-corrected chi connectivity index (χ1v) is 23.2. The van der Waals surface area contributed by atoms with E-state index in [4.69, 9.17) is 12.8 Å². The number of aromatic nitrogens is 2. The van der Waals surface area contributed by atoms with Crippen molar-refractivity contribution in [2.24, 2.45) is 14.1 Å². The molecule has 6 heteroatoms. The van der Waals surface area contributed by atoms with E-state index in [2.05, 4.69) is 193 Å². The van der Waals surface area contributed by atoms with Crippen LogP contribution in [0.2, 0.25) is 0 Å². The zero-order chi connectivity index (χ0) is 40.6. The number of hydrogen-bond donors (Lipinski definition) is 0. The molecule has 0 saturated heterocycles. The van der Waals surface area contributed by atoms with Crippen molar-refractivity contribution in [2.45, 2.75) is 0 Å². The van der Waals surface area contributed by atoms with E-state index in [0.717, 1.165) is 16.6 Å². The van der Waals surface area contributed by atoms with Gasteiger partial charge in [-0.2, -0.15) is 0 Å². The third kappa shape index (κ3) is 10.1. The van der Waals surface area contributed by atoms with Crippen LogP contribution in [0.25, 0.3) is 43.6 Å². The van der Waals surface area contributed by atoms with E-state index in [0.29, 0.717) is 0 Å². The second-order valence-corrected chi connectivity index (χ2v) is 20.1. The van der Waals surface area contributed by atoms with Crippen molar-refractivity contribution in [3.8, 4) is 11.8 Å². The standard InChI is InChI=1S/C25H22P2.2C15H10N.2Au/c1-5-13-22(14-6-1)26(23-15-7-2-8-16-23)21-27(24-17-9-3-10-18-24)25-19-11-4-12-20-25;1-3-11-8-9-15-13(10-11)12-6-4-5-7-14(12)16(15)2;1-3-11-8-9-13-12-6-4-5-7-14(12)16(2)15(13)10-11;;/h1-20H,21H2;2*4-10H,2H3;;/q;2*-1;2*+1/p+2. The van der Waals surface area contributed by atoms with Gasteiger partial charge in [0.2, 0.25) is 0 Å². The number of benzene rings is 8. The van der Waals surface area contributed by atoms with Crippen LogP contribution in [0.15, 0.2) is 206 Å². The summed E-state index contributed by atoms with van der Waals surface area (Å²) in [6.07, 6.45) is 14.3. The average molecular weight is 1190 g/mol. The number of hydrogen-bond acceptors (Lipinski definition) is 0. The number of rotatable bonds is 6. The molecule has 0 bridgehead atoms. The van der Waals surface area contributed by atoms with E-state index in [1.54, 1.807) is 0 Å². The minimum absolute atomic E-state index is 0. The minimum atomic E-state index is -0.847. The Hall–Kier alpha value is -5.18. The van der Waals surface area contributed by atoms with E-state index in [9.17, 15) is 0 Å². The van der Waals surface area contributed by atoms with Gasteiger partial charge in [-0.05, 0) is 66.0 Å². The zero-order valence-corrected chi connectivity index (χ0v) is 40.2. The Labute approximate surface area is 393 Å². The summed E-state index contributed by atoms with van der Waals surface area (Å²) in [4.78, 5) is 0. The van der Waals surface area contributed by atoms with Crippen molar-refractivity contribution in [2.75, 3.05) is 5.90 Å². The summed E-state index contributed by atoms with van der Waals surface area (Å²) in [6, 6.07) is 73.1. The van der Waals surface area contributed by atoms with Gasteiger partial charge in [0.25, 0.3) is 0 Å². The van der Waals surface area contributed by atoms with Crippen LogP contribution in [0.4, 0.5) is 0 Å². The Morgan fingerprint density at radius 3 is 1.13 bits per heavy atom. The summed E-state index contributed by atoms with van der Waals surface area (Å²) in [5, 5.41) is 10.9. The fourth-order valence-corrected chi connectivity index (χ4v) is 15.7. The van der Waals surface area contributed by atoms with Gasteiger partial charge < -0.3 is 22.0 Å². The van der Waals surface area contributed by atoms with E-state index in [1.165, 1.54) is 65.2 Å².